The van der Waals surface area contributed by atoms with Gasteiger partial charge in [0.15, 0.2) is 0 Å². The average molecular weight is 321 g/mol. The maximum atomic E-state index is 7.00. The van der Waals surface area contributed by atoms with Gasteiger partial charge in [-0.25, -0.2) is 0 Å². The van der Waals surface area contributed by atoms with Crippen LogP contribution >= 0.6 is 0 Å². The largest absolute Gasteiger partial charge is 3.00 e. The molecule has 0 radical (unpaired) electrons. The van der Waals surface area contributed by atoms with E-state index < -0.39 is 0 Å². The van der Waals surface area contributed by atoms with Gasteiger partial charge in [-0.15, -0.1) is 17.1 Å². The molecule has 3 nitrogen and oxygen atoms in total. The fourth-order valence-electron chi connectivity index (χ4n) is 1.31. The molecule has 0 heterocycles. The summed E-state index contributed by atoms with van der Waals surface area (Å²) in [4.78, 5) is 0. The predicted octanol–water partition coefficient (Wildman–Crippen LogP) is 7.11. The SMILES string of the molecule is [NH-]c1ccccc1.[NH-]c1ccccc1.[NH-]c1ccccc1.[Sc+3]. The molecule has 0 atom stereocenters. The van der Waals surface area contributed by atoms with Crippen molar-refractivity contribution in [2.75, 3.05) is 0 Å². The molecule has 22 heavy (non-hydrogen) atoms. The van der Waals surface area contributed by atoms with Gasteiger partial charge in [-0.1, -0.05) is 91.0 Å². The standard InChI is InChI=1S/3C6H6N.Sc/c3*7-6-4-2-1-3-5-6;/h3*1-5,7H;/q3*-1;+3. The Morgan fingerprint density at radius 1 is 0.364 bits per heavy atom. The smallest absolute Gasteiger partial charge is 0.699 e. The van der Waals surface area contributed by atoms with Crippen LogP contribution in [0.2, 0.25) is 0 Å². The third-order valence-electron chi connectivity index (χ3n) is 2.32. The fourth-order valence-corrected chi connectivity index (χ4v) is 1.31. The van der Waals surface area contributed by atoms with Crippen molar-refractivity contribution in [3.05, 3.63) is 108 Å². The van der Waals surface area contributed by atoms with Crippen LogP contribution in [-0.2, 0) is 25.8 Å². The molecule has 108 valence electrons. The van der Waals surface area contributed by atoms with Gasteiger partial charge in [-0.3, -0.25) is 0 Å². The maximum Gasteiger partial charge on any atom is 3.00 e. The van der Waals surface area contributed by atoms with E-state index in [2.05, 4.69) is 0 Å². The monoisotopic (exact) mass is 321 g/mol. The first-order valence-corrected chi connectivity index (χ1v) is 6.48. The van der Waals surface area contributed by atoms with Gasteiger partial charge >= 0.3 is 25.8 Å². The van der Waals surface area contributed by atoms with Gasteiger partial charge in [0.2, 0.25) is 0 Å². The minimum absolute atomic E-state index is 0. The van der Waals surface area contributed by atoms with Crippen LogP contribution in [0.1, 0.15) is 0 Å². The van der Waals surface area contributed by atoms with E-state index in [9.17, 15) is 0 Å². The van der Waals surface area contributed by atoms with Crippen molar-refractivity contribution in [2.45, 2.75) is 0 Å². The molecule has 0 aliphatic heterocycles. The summed E-state index contributed by atoms with van der Waals surface area (Å²) >= 11 is 0. The number of benzene rings is 3. The van der Waals surface area contributed by atoms with Crippen LogP contribution < -0.4 is 0 Å². The van der Waals surface area contributed by atoms with Gasteiger partial charge in [-0.2, -0.15) is 0 Å². The summed E-state index contributed by atoms with van der Waals surface area (Å²) in [5.74, 6) is 0. The summed E-state index contributed by atoms with van der Waals surface area (Å²) in [6.45, 7) is 0. The zero-order chi connectivity index (χ0) is 15.3. The van der Waals surface area contributed by atoms with Gasteiger partial charge in [0.25, 0.3) is 0 Å². The van der Waals surface area contributed by atoms with Crippen molar-refractivity contribution >= 4 is 17.1 Å². The van der Waals surface area contributed by atoms with Crippen molar-refractivity contribution in [3.63, 3.8) is 0 Å². The molecule has 4 heteroatoms. The topological polar surface area (TPSA) is 71.4 Å². The van der Waals surface area contributed by atoms with E-state index in [0.717, 1.165) is 0 Å². The molecule has 3 N–H and O–H groups in total. The van der Waals surface area contributed by atoms with Crippen molar-refractivity contribution in [3.8, 4) is 0 Å². The minimum Gasteiger partial charge on any atom is -0.699 e. The molecule has 0 aliphatic rings. The van der Waals surface area contributed by atoms with Crippen LogP contribution in [0, 0.1) is 0 Å². The molecular weight excluding hydrogens is 303 g/mol. The Morgan fingerprint density at radius 2 is 0.545 bits per heavy atom. The van der Waals surface area contributed by atoms with Crippen molar-refractivity contribution in [1.82, 2.24) is 0 Å². The van der Waals surface area contributed by atoms with Crippen LogP contribution in [0.3, 0.4) is 0 Å². The number of hydrogen-bond acceptors (Lipinski definition) is 0. The number of hydrogen-bond donors (Lipinski definition) is 0. The molecule has 0 spiro atoms. The molecule has 0 aliphatic carbocycles. The van der Waals surface area contributed by atoms with Crippen molar-refractivity contribution in [1.29, 1.82) is 0 Å². The van der Waals surface area contributed by atoms with E-state index in [4.69, 9.17) is 17.2 Å². The summed E-state index contributed by atoms with van der Waals surface area (Å²) in [6.07, 6.45) is 0. The summed E-state index contributed by atoms with van der Waals surface area (Å²) in [5, 5.41) is 0. The Labute approximate surface area is 150 Å². The first kappa shape index (κ1) is 19.9. The zero-order valence-corrected chi connectivity index (χ0v) is 14.0. The summed E-state index contributed by atoms with van der Waals surface area (Å²) < 4.78 is 0. The molecule has 3 rings (SSSR count). The Morgan fingerprint density at radius 3 is 0.636 bits per heavy atom. The van der Waals surface area contributed by atoms with Crippen LogP contribution in [-0.4, -0.2) is 0 Å². The molecule has 0 unspecified atom stereocenters. The maximum absolute atomic E-state index is 7.00. The van der Waals surface area contributed by atoms with Gasteiger partial charge in [0.1, 0.15) is 0 Å². The predicted molar refractivity (Wildman–Crippen MR) is 91.3 cm³/mol. The molecule has 0 fully saturated rings. The molecule has 0 bridgehead atoms. The van der Waals surface area contributed by atoms with Gasteiger partial charge < -0.3 is 17.2 Å². The second-order valence-corrected chi connectivity index (χ2v) is 4.10. The average Bonchev–Trinajstić information content (AvgIpc) is 2.51. The molecule has 0 amide bonds. The van der Waals surface area contributed by atoms with Gasteiger partial charge in [-0.05, 0) is 0 Å². The molecule has 0 aromatic heterocycles. The Kier molecular flexibility index (Phi) is 11.5. The molecule has 0 saturated carbocycles. The summed E-state index contributed by atoms with van der Waals surface area (Å²) in [6, 6.07) is 27.3. The van der Waals surface area contributed by atoms with Crippen molar-refractivity contribution < 1.29 is 25.8 Å². The first-order valence-electron chi connectivity index (χ1n) is 6.48. The van der Waals surface area contributed by atoms with E-state index in [1.807, 2.05) is 54.6 Å². The molecular formula is C18H18N3Sc. The van der Waals surface area contributed by atoms with Crippen LogP contribution in [0.25, 0.3) is 17.2 Å². The number of nitrogens with one attached hydrogen (secondary N) is 3. The Balaban J connectivity index is 0.000000294. The Bertz CT molecular complexity index is 497. The zero-order valence-electron chi connectivity index (χ0n) is 12.2. The van der Waals surface area contributed by atoms with E-state index in [1.54, 1.807) is 36.4 Å². The molecule has 3 aromatic rings. The molecule has 0 saturated heterocycles. The van der Waals surface area contributed by atoms with E-state index in [-0.39, 0.29) is 25.8 Å². The van der Waals surface area contributed by atoms with Crippen molar-refractivity contribution in [2.24, 2.45) is 0 Å². The number of rotatable bonds is 0. The minimum atomic E-state index is 0. The second-order valence-electron chi connectivity index (χ2n) is 4.10. The normalized spacial score (nSPS) is 8.18. The van der Waals surface area contributed by atoms with Crippen LogP contribution in [0.15, 0.2) is 91.0 Å². The van der Waals surface area contributed by atoms with Gasteiger partial charge in [0.05, 0.1) is 0 Å². The third-order valence-corrected chi connectivity index (χ3v) is 2.32. The summed E-state index contributed by atoms with van der Waals surface area (Å²) in [7, 11) is 0. The van der Waals surface area contributed by atoms with Gasteiger partial charge in [0, 0.05) is 0 Å². The van der Waals surface area contributed by atoms with Crippen LogP contribution in [0.5, 0.6) is 0 Å². The second kappa shape index (κ2) is 12.7. The van der Waals surface area contributed by atoms with Crippen LogP contribution in [0.4, 0.5) is 17.1 Å². The first-order chi connectivity index (χ1) is 10.2. The Hall–Kier alpha value is -2.07. The van der Waals surface area contributed by atoms with E-state index >= 15 is 0 Å². The van der Waals surface area contributed by atoms with E-state index in [1.165, 1.54) is 0 Å². The summed E-state index contributed by atoms with van der Waals surface area (Å²) in [5.41, 5.74) is 22.7. The molecule has 3 aromatic carbocycles. The third kappa shape index (κ3) is 10.7. The van der Waals surface area contributed by atoms with E-state index in [0.29, 0.717) is 17.1 Å². The quantitative estimate of drug-likeness (QED) is 0.423. The fraction of sp³-hybridized carbons (Fsp3) is 0.